The lowest BCUT2D eigenvalue weighted by atomic mass is 10.1. The predicted molar refractivity (Wildman–Crippen MR) is 112 cm³/mol. The molecule has 0 radical (unpaired) electrons. The molecule has 1 saturated heterocycles. The van der Waals surface area contributed by atoms with Crippen LogP contribution >= 0.6 is 0 Å². The predicted octanol–water partition coefficient (Wildman–Crippen LogP) is 3.73. The van der Waals surface area contributed by atoms with Gasteiger partial charge in [0.25, 0.3) is 17.3 Å². The van der Waals surface area contributed by atoms with E-state index in [4.69, 9.17) is 4.42 Å². The summed E-state index contributed by atoms with van der Waals surface area (Å²) in [6.07, 6.45) is 0. The maximum atomic E-state index is 12.8. The maximum absolute atomic E-state index is 12.8. The lowest BCUT2D eigenvalue weighted by Crippen LogP contribution is -2.48. The van der Waals surface area contributed by atoms with E-state index in [0.29, 0.717) is 37.5 Å². The van der Waals surface area contributed by atoms with Crippen LogP contribution in [0.15, 0.2) is 65.1 Å². The Bertz CT molecular complexity index is 1130. The molecule has 3 aromatic rings. The molecular weight excluding hydrogens is 404 g/mol. The quantitative estimate of drug-likeness (QED) is 0.453. The number of non-ortho nitro benzene ring substituents is 2. The molecule has 0 spiro atoms. The Balaban J connectivity index is 1.41. The first-order chi connectivity index (χ1) is 14.9. The minimum Gasteiger partial charge on any atom is -0.451 e. The van der Waals surface area contributed by atoms with Crippen molar-refractivity contribution in [3.05, 3.63) is 86.7 Å². The number of nitro groups is 2. The summed E-state index contributed by atoms with van der Waals surface area (Å²) in [6.45, 7) is 2.12. The molecule has 10 heteroatoms. The monoisotopic (exact) mass is 422 g/mol. The van der Waals surface area contributed by atoms with Crippen molar-refractivity contribution in [2.45, 2.75) is 0 Å². The Labute approximate surface area is 176 Å². The number of rotatable bonds is 5. The molecule has 0 N–H and O–H groups in total. The second-order valence-corrected chi connectivity index (χ2v) is 7.02. The van der Waals surface area contributed by atoms with Gasteiger partial charge < -0.3 is 14.2 Å². The van der Waals surface area contributed by atoms with Crippen LogP contribution in [-0.2, 0) is 0 Å². The van der Waals surface area contributed by atoms with Crippen LogP contribution in [0.3, 0.4) is 0 Å². The van der Waals surface area contributed by atoms with E-state index in [-0.39, 0.29) is 23.0 Å². The van der Waals surface area contributed by atoms with Crippen molar-refractivity contribution in [2.75, 3.05) is 31.1 Å². The lowest BCUT2D eigenvalue weighted by Gasteiger charge is -2.35. The first-order valence-corrected chi connectivity index (χ1v) is 9.56. The number of benzene rings is 2. The number of nitro benzene ring substituents is 2. The normalized spacial score (nSPS) is 13.8. The molecule has 0 unspecified atom stereocenters. The number of piperazine rings is 1. The zero-order valence-electron chi connectivity index (χ0n) is 16.3. The fourth-order valence-corrected chi connectivity index (χ4v) is 3.49. The molecule has 1 amide bonds. The van der Waals surface area contributed by atoms with Crippen LogP contribution in [0.1, 0.15) is 10.6 Å². The SMILES string of the molecule is O=C(c1ccc(-c2cccc([N+](=O)[O-])c2)o1)N1CCN(c2ccc([N+](=O)[O-])cc2)CC1. The molecule has 31 heavy (non-hydrogen) atoms. The number of hydrogen-bond acceptors (Lipinski definition) is 7. The number of amides is 1. The molecule has 1 fully saturated rings. The summed E-state index contributed by atoms with van der Waals surface area (Å²) in [5.74, 6) is 0.307. The van der Waals surface area contributed by atoms with Crippen LogP contribution < -0.4 is 4.90 Å². The van der Waals surface area contributed by atoms with Gasteiger partial charge in [0, 0.05) is 61.7 Å². The number of anilines is 1. The Morgan fingerprint density at radius 1 is 0.839 bits per heavy atom. The Kier molecular flexibility index (Phi) is 5.35. The Hall–Kier alpha value is -4.21. The molecule has 2 aromatic carbocycles. The number of carbonyl (C=O) groups excluding carboxylic acids is 1. The third kappa shape index (κ3) is 4.22. The van der Waals surface area contributed by atoms with Gasteiger partial charge in [0.05, 0.1) is 9.85 Å². The number of furan rings is 1. The molecule has 2 heterocycles. The third-order valence-electron chi connectivity index (χ3n) is 5.15. The van der Waals surface area contributed by atoms with E-state index >= 15 is 0 Å². The Morgan fingerprint density at radius 2 is 1.52 bits per heavy atom. The van der Waals surface area contributed by atoms with Crippen molar-refractivity contribution in [3.8, 4) is 11.3 Å². The fourth-order valence-electron chi connectivity index (χ4n) is 3.49. The molecule has 0 aliphatic carbocycles. The van der Waals surface area contributed by atoms with Gasteiger partial charge in [-0.25, -0.2) is 0 Å². The summed E-state index contributed by atoms with van der Waals surface area (Å²) in [4.78, 5) is 37.4. The summed E-state index contributed by atoms with van der Waals surface area (Å²) < 4.78 is 5.68. The average Bonchev–Trinajstić information content (AvgIpc) is 3.29. The fraction of sp³-hybridized carbons (Fsp3) is 0.190. The van der Waals surface area contributed by atoms with Crippen molar-refractivity contribution >= 4 is 23.0 Å². The highest BCUT2D eigenvalue weighted by atomic mass is 16.6. The highest BCUT2D eigenvalue weighted by Crippen LogP contribution is 2.27. The molecule has 1 aromatic heterocycles. The molecule has 158 valence electrons. The van der Waals surface area contributed by atoms with E-state index in [1.165, 1.54) is 24.3 Å². The van der Waals surface area contributed by atoms with Crippen LogP contribution in [0.25, 0.3) is 11.3 Å². The third-order valence-corrected chi connectivity index (χ3v) is 5.15. The van der Waals surface area contributed by atoms with Crippen molar-refractivity contribution in [3.63, 3.8) is 0 Å². The topological polar surface area (TPSA) is 123 Å². The van der Waals surface area contributed by atoms with E-state index in [1.54, 1.807) is 41.3 Å². The van der Waals surface area contributed by atoms with Gasteiger partial charge in [0.1, 0.15) is 5.76 Å². The van der Waals surface area contributed by atoms with Crippen molar-refractivity contribution in [1.82, 2.24) is 4.90 Å². The highest BCUT2D eigenvalue weighted by Gasteiger charge is 2.25. The van der Waals surface area contributed by atoms with Gasteiger partial charge in [0.15, 0.2) is 5.76 Å². The minimum absolute atomic E-state index is 0.0370. The van der Waals surface area contributed by atoms with E-state index < -0.39 is 9.85 Å². The van der Waals surface area contributed by atoms with Gasteiger partial charge in [-0.15, -0.1) is 0 Å². The van der Waals surface area contributed by atoms with E-state index in [0.717, 1.165) is 5.69 Å². The molecule has 0 bridgehead atoms. The van der Waals surface area contributed by atoms with Crippen LogP contribution in [0.4, 0.5) is 17.1 Å². The van der Waals surface area contributed by atoms with Gasteiger partial charge in [0.2, 0.25) is 0 Å². The Morgan fingerprint density at radius 3 is 2.16 bits per heavy atom. The van der Waals surface area contributed by atoms with Crippen LogP contribution in [0.5, 0.6) is 0 Å². The van der Waals surface area contributed by atoms with Crippen molar-refractivity contribution in [2.24, 2.45) is 0 Å². The number of nitrogens with zero attached hydrogens (tertiary/aromatic N) is 4. The molecule has 10 nitrogen and oxygen atoms in total. The highest BCUT2D eigenvalue weighted by molar-refractivity contribution is 5.92. The zero-order valence-corrected chi connectivity index (χ0v) is 16.3. The molecule has 1 aliphatic rings. The summed E-state index contributed by atoms with van der Waals surface area (Å²) >= 11 is 0. The largest absolute Gasteiger partial charge is 0.451 e. The zero-order chi connectivity index (χ0) is 22.0. The number of carbonyl (C=O) groups is 1. The van der Waals surface area contributed by atoms with E-state index in [1.807, 2.05) is 0 Å². The van der Waals surface area contributed by atoms with Gasteiger partial charge >= 0.3 is 0 Å². The first kappa shape index (κ1) is 20.1. The minimum atomic E-state index is -0.483. The molecule has 0 atom stereocenters. The summed E-state index contributed by atoms with van der Waals surface area (Å²) in [7, 11) is 0. The van der Waals surface area contributed by atoms with E-state index in [9.17, 15) is 25.0 Å². The van der Waals surface area contributed by atoms with Gasteiger partial charge in [-0.05, 0) is 24.3 Å². The van der Waals surface area contributed by atoms with Gasteiger partial charge in [-0.3, -0.25) is 25.0 Å². The molecule has 1 aliphatic heterocycles. The van der Waals surface area contributed by atoms with Crippen LogP contribution in [0, 0.1) is 20.2 Å². The first-order valence-electron chi connectivity index (χ1n) is 9.56. The summed E-state index contributed by atoms with van der Waals surface area (Å²) in [5.41, 5.74) is 1.37. The second-order valence-electron chi connectivity index (χ2n) is 7.02. The summed E-state index contributed by atoms with van der Waals surface area (Å²) in [5, 5.41) is 21.7. The van der Waals surface area contributed by atoms with Crippen LogP contribution in [0.2, 0.25) is 0 Å². The standard InChI is InChI=1S/C21H18N4O6/c26-21(20-9-8-19(31-20)15-2-1-3-18(14-15)25(29)30)23-12-10-22(11-13-23)16-4-6-17(7-5-16)24(27)28/h1-9,14H,10-13H2. The lowest BCUT2D eigenvalue weighted by molar-refractivity contribution is -0.385. The molecular formula is C21H18N4O6. The maximum Gasteiger partial charge on any atom is 0.289 e. The second kappa shape index (κ2) is 8.27. The van der Waals surface area contributed by atoms with Crippen molar-refractivity contribution < 1.29 is 19.1 Å². The van der Waals surface area contributed by atoms with Crippen LogP contribution in [-0.4, -0.2) is 46.8 Å². The van der Waals surface area contributed by atoms with Gasteiger partial charge in [-0.1, -0.05) is 12.1 Å². The molecule has 0 saturated carbocycles. The number of hydrogen-bond donors (Lipinski definition) is 0. The van der Waals surface area contributed by atoms with Crippen molar-refractivity contribution in [1.29, 1.82) is 0 Å². The average molecular weight is 422 g/mol. The van der Waals surface area contributed by atoms with Gasteiger partial charge in [-0.2, -0.15) is 0 Å². The summed E-state index contributed by atoms with van der Waals surface area (Å²) in [6, 6.07) is 15.6. The smallest absolute Gasteiger partial charge is 0.289 e. The molecule has 4 rings (SSSR count). The van der Waals surface area contributed by atoms with E-state index in [2.05, 4.69) is 4.90 Å².